The topological polar surface area (TPSA) is 76.8 Å². The summed E-state index contributed by atoms with van der Waals surface area (Å²) in [4.78, 5) is 15.0. The summed E-state index contributed by atoms with van der Waals surface area (Å²) in [7, 11) is -3.12. The SMILES string of the molecule is CC(C)Oc1ccc(C(=O)N(Cc2ccc(C3CC3C)o2)C2CCS(=O)(=O)C2)cc1. The number of furan rings is 1. The first kappa shape index (κ1) is 21.0. The van der Waals surface area contributed by atoms with Gasteiger partial charge in [0.15, 0.2) is 9.84 Å². The Balaban J connectivity index is 1.55. The van der Waals surface area contributed by atoms with E-state index in [-0.39, 0.29) is 36.1 Å². The summed E-state index contributed by atoms with van der Waals surface area (Å²) in [5.41, 5.74) is 0.512. The first-order valence-electron chi connectivity index (χ1n) is 10.6. The molecule has 6 nitrogen and oxygen atoms in total. The number of carbonyl (C=O) groups excluding carboxylic acids is 1. The van der Waals surface area contributed by atoms with Crippen LogP contribution >= 0.6 is 0 Å². The summed E-state index contributed by atoms with van der Waals surface area (Å²) >= 11 is 0. The van der Waals surface area contributed by atoms with Gasteiger partial charge in [0.05, 0.1) is 24.2 Å². The minimum Gasteiger partial charge on any atom is -0.491 e. The molecule has 1 aliphatic carbocycles. The lowest BCUT2D eigenvalue weighted by Gasteiger charge is -2.27. The summed E-state index contributed by atoms with van der Waals surface area (Å²) < 4.78 is 35.8. The molecule has 3 unspecified atom stereocenters. The van der Waals surface area contributed by atoms with Gasteiger partial charge < -0.3 is 14.1 Å². The average molecular weight is 432 g/mol. The summed E-state index contributed by atoms with van der Waals surface area (Å²) in [5.74, 6) is 3.38. The van der Waals surface area contributed by atoms with Gasteiger partial charge in [-0.05, 0) is 69.0 Å². The molecule has 2 aliphatic rings. The van der Waals surface area contributed by atoms with E-state index in [9.17, 15) is 13.2 Å². The molecular formula is C23H29NO5S. The number of hydrogen-bond acceptors (Lipinski definition) is 5. The lowest BCUT2D eigenvalue weighted by Crippen LogP contribution is -2.40. The van der Waals surface area contributed by atoms with Crippen LogP contribution in [-0.4, -0.2) is 42.9 Å². The predicted molar refractivity (Wildman–Crippen MR) is 114 cm³/mol. The van der Waals surface area contributed by atoms with Gasteiger partial charge in [-0.3, -0.25) is 4.79 Å². The molecule has 1 aromatic carbocycles. The second-order valence-corrected chi connectivity index (χ2v) is 11.0. The lowest BCUT2D eigenvalue weighted by atomic mass is 10.1. The van der Waals surface area contributed by atoms with E-state index in [0.717, 1.165) is 12.2 Å². The Morgan fingerprint density at radius 2 is 1.90 bits per heavy atom. The number of sulfone groups is 1. The summed E-state index contributed by atoms with van der Waals surface area (Å²) in [6.45, 7) is 6.35. The third kappa shape index (κ3) is 4.72. The summed E-state index contributed by atoms with van der Waals surface area (Å²) in [5, 5.41) is 0. The second-order valence-electron chi connectivity index (χ2n) is 8.80. The maximum absolute atomic E-state index is 13.3. The van der Waals surface area contributed by atoms with Gasteiger partial charge in [0, 0.05) is 17.5 Å². The molecule has 162 valence electrons. The number of amides is 1. The van der Waals surface area contributed by atoms with E-state index >= 15 is 0 Å². The fourth-order valence-corrected chi connectivity index (χ4v) is 5.80. The number of carbonyl (C=O) groups is 1. The molecule has 1 aliphatic heterocycles. The first-order chi connectivity index (χ1) is 14.2. The van der Waals surface area contributed by atoms with E-state index < -0.39 is 9.84 Å². The van der Waals surface area contributed by atoms with Crippen LogP contribution < -0.4 is 4.74 Å². The number of ether oxygens (including phenoxy) is 1. The van der Waals surface area contributed by atoms with E-state index in [1.54, 1.807) is 29.2 Å². The molecule has 2 fully saturated rings. The Kier molecular flexibility index (Phi) is 5.66. The zero-order chi connectivity index (χ0) is 21.5. The van der Waals surface area contributed by atoms with Gasteiger partial charge >= 0.3 is 0 Å². The third-order valence-corrected chi connectivity index (χ3v) is 7.62. The molecule has 0 radical (unpaired) electrons. The summed E-state index contributed by atoms with van der Waals surface area (Å²) in [6, 6.07) is 10.6. The van der Waals surface area contributed by atoms with Crippen LogP contribution in [-0.2, 0) is 16.4 Å². The summed E-state index contributed by atoms with van der Waals surface area (Å²) in [6.07, 6.45) is 1.63. The average Bonchev–Trinajstić information content (AvgIpc) is 3.08. The highest BCUT2D eigenvalue weighted by Gasteiger charge is 2.38. The van der Waals surface area contributed by atoms with E-state index in [1.165, 1.54) is 0 Å². The maximum atomic E-state index is 13.3. The Bertz CT molecular complexity index is 1010. The Morgan fingerprint density at radius 3 is 2.47 bits per heavy atom. The molecule has 1 saturated heterocycles. The molecule has 0 bridgehead atoms. The molecule has 1 amide bonds. The maximum Gasteiger partial charge on any atom is 0.254 e. The molecule has 2 heterocycles. The van der Waals surface area contributed by atoms with E-state index in [0.29, 0.717) is 35.3 Å². The van der Waals surface area contributed by atoms with Crippen LogP contribution in [0.25, 0.3) is 0 Å². The largest absolute Gasteiger partial charge is 0.491 e. The van der Waals surface area contributed by atoms with Crippen LogP contribution in [0.5, 0.6) is 5.75 Å². The van der Waals surface area contributed by atoms with Gasteiger partial charge in [-0.15, -0.1) is 0 Å². The van der Waals surface area contributed by atoms with Gasteiger partial charge in [0.25, 0.3) is 5.91 Å². The van der Waals surface area contributed by atoms with Gasteiger partial charge in [-0.1, -0.05) is 6.92 Å². The van der Waals surface area contributed by atoms with Gasteiger partial charge in [0.1, 0.15) is 17.3 Å². The zero-order valence-corrected chi connectivity index (χ0v) is 18.5. The van der Waals surface area contributed by atoms with E-state index in [4.69, 9.17) is 9.15 Å². The van der Waals surface area contributed by atoms with Crippen molar-refractivity contribution < 1.29 is 22.4 Å². The Hall–Kier alpha value is -2.28. The van der Waals surface area contributed by atoms with Crippen LogP contribution in [0.15, 0.2) is 40.8 Å². The van der Waals surface area contributed by atoms with Crippen LogP contribution in [0.2, 0.25) is 0 Å². The van der Waals surface area contributed by atoms with E-state index in [1.807, 2.05) is 26.0 Å². The van der Waals surface area contributed by atoms with Gasteiger partial charge in [-0.2, -0.15) is 0 Å². The molecule has 2 aromatic rings. The van der Waals surface area contributed by atoms with Crippen molar-refractivity contribution in [1.82, 2.24) is 4.90 Å². The smallest absolute Gasteiger partial charge is 0.254 e. The van der Waals surface area contributed by atoms with Gasteiger partial charge in [0.2, 0.25) is 0 Å². The minimum absolute atomic E-state index is 0.000505. The van der Waals surface area contributed by atoms with Crippen molar-refractivity contribution in [2.24, 2.45) is 5.92 Å². The molecule has 30 heavy (non-hydrogen) atoms. The van der Waals surface area contributed by atoms with Crippen molar-refractivity contribution in [3.05, 3.63) is 53.5 Å². The highest BCUT2D eigenvalue weighted by atomic mass is 32.2. The minimum atomic E-state index is -3.12. The molecular weight excluding hydrogens is 402 g/mol. The quantitative estimate of drug-likeness (QED) is 0.662. The molecule has 4 rings (SSSR count). The molecule has 7 heteroatoms. The van der Waals surface area contributed by atoms with Crippen molar-refractivity contribution in [1.29, 1.82) is 0 Å². The van der Waals surface area contributed by atoms with Crippen LogP contribution in [0.3, 0.4) is 0 Å². The first-order valence-corrected chi connectivity index (χ1v) is 12.4. The van der Waals surface area contributed by atoms with E-state index in [2.05, 4.69) is 6.92 Å². The number of rotatable bonds is 7. The molecule has 1 aromatic heterocycles. The highest BCUT2D eigenvalue weighted by Crippen LogP contribution is 2.47. The van der Waals surface area contributed by atoms with Crippen LogP contribution in [0, 0.1) is 5.92 Å². The van der Waals surface area contributed by atoms with Crippen molar-refractivity contribution in [2.75, 3.05) is 11.5 Å². The van der Waals surface area contributed by atoms with Crippen molar-refractivity contribution >= 4 is 15.7 Å². The zero-order valence-electron chi connectivity index (χ0n) is 17.7. The number of hydrogen-bond donors (Lipinski definition) is 0. The fourth-order valence-electron chi connectivity index (χ4n) is 4.07. The number of nitrogens with zero attached hydrogens (tertiary/aromatic N) is 1. The van der Waals surface area contributed by atoms with Crippen LogP contribution in [0.1, 0.15) is 61.4 Å². The molecule has 3 atom stereocenters. The fraction of sp³-hybridized carbons (Fsp3) is 0.522. The Labute approximate surface area is 178 Å². The number of benzene rings is 1. The highest BCUT2D eigenvalue weighted by molar-refractivity contribution is 7.91. The molecule has 1 saturated carbocycles. The molecule has 0 N–H and O–H groups in total. The second kappa shape index (κ2) is 8.10. The van der Waals surface area contributed by atoms with Gasteiger partial charge in [-0.25, -0.2) is 8.42 Å². The predicted octanol–water partition coefficient (Wildman–Crippen LogP) is 4.02. The monoisotopic (exact) mass is 431 g/mol. The Morgan fingerprint density at radius 1 is 1.20 bits per heavy atom. The van der Waals surface area contributed by atoms with Crippen molar-refractivity contribution in [3.8, 4) is 5.75 Å². The van der Waals surface area contributed by atoms with Crippen molar-refractivity contribution in [2.45, 2.75) is 58.2 Å². The third-order valence-electron chi connectivity index (χ3n) is 5.87. The standard InChI is InChI=1S/C23H29NO5S/c1-15(2)28-19-6-4-17(5-7-19)23(25)24(18-10-11-30(26,27)14-18)13-20-8-9-22(29-20)21-12-16(21)3/h4-9,15-16,18,21H,10-14H2,1-3H3. The van der Waals surface area contributed by atoms with Crippen molar-refractivity contribution in [3.63, 3.8) is 0 Å². The van der Waals surface area contributed by atoms with Crippen LogP contribution in [0.4, 0.5) is 0 Å². The normalized spacial score (nSPS) is 24.7. The molecule has 0 spiro atoms. The lowest BCUT2D eigenvalue weighted by molar-refractivity contribution is 0.0665.